The summed E-state index contributed by atoms with van der Waals surface area (Å²) in [5.41, 5.74) is 6.57. The number of aromatic nitrogens is 4. The van der Waals surface area contributed by atoms with Crippen molar-refractivity contribution in [3.8, 4) is 22.6 Å². The Morgan fingerprint density at radius 1 is 1.05 bits per heavy atom. The second kappa shape index (κ2) is 5.50. The lowest BCUT2D eigenvalue weighted by Crippen LogP contribution is -1.98. The lowest BCUT2D eigenvalue weighted by atomic mass is 10.0. The lowest BCUT2D eigenvalue weighted by molar-refractivity contribution is 0.899. The van der Waals surface area contributed by atoms with Crippen molar-refractivity contribution in [3.05, 3.63) is 51.9 Å². The first-order valence-corrected chi connectivity index (χ1v) is 7.55. The van der Waals surface area contributed by atoms with Gasteiger partial charge >= 0.3 is 0 Å². The second-order valence-corrected chi connectivity index (χ2v) is 5.95. The molecule has 112 valence electrons. The molecule has 0 bridgehead atoms. The fraction of sp³-hybridized carbons (Fsp3) is 0.235. The number of hydrogen-bond acceptors (Lipinski definition) is 3. The summed E-state index contributed by atoms with van der Waals surface area (Å²) < 4.78 is 2.46. The molecule has 3 aromatic rings. The van der Waals surface area contributed by atoms with Crippen LogP contribution in [-0.4, -0.2) is 19.7 Å². The van der Waals surface area contributed by atoms with Crippen LogP contribution in [0, 0.1) is 25.5 Å². The number of rotatable bonds is 2. The zero-order valence-corrected chi connectivity index (χ0v) is 14.0. The minimum absolute atomic E-state index is 0.604. The van der Waals surface area contributed by atoms with Gasteiger partial charge in [-0.2, -0.15) is 5.10 Å². The number of nitrogens with one attached hydrogen (secondary N) is 1. The van der Waals surface area contributed by atoms with E-state index in [4.69, 9.17) is 17.2 Å². The predicted molar refractivity (Wildman–Crippen MR) is 91.3 cm³/mol. The fourth-order valence-corrected chi connectivity index (χ4v) is 2.77. The van der Waals surface area contributed by atoms with E-state index in [2.05, 4.69) is 48.3 Å². The molecule has 22 heavy (non-hydrogen) atoms. The standard InChI is InChI=1S/C17H18N4S/c1-10-5-6-13(11(2)9-10)15-8-7-14(12(3)18-15)16-19-20-17(22)21(16)4/h5-9H,1-4H3,(H,20,22). The third kappa shape index (κ3) is 2.48. The van der Waals surface area contributed by atoms with Gasteiger partial charge < -0.3 is 4.57 Å². The zero-order chi connectivity index (χ0) is 15.9. The maximum absolute atomic E-state index is 5.17. The molecule has 0 atom stereocenters. The Morgan fingerprint density at radius 3 is 2.36 bits per heavy atom. The lowest BCUT2D eigenvalue weighted by Gasteiger charge is -2.10. The monoisotopic (exact) mass is 310 g/mol. The van der Waals surface area contributed by atoms with Crippen LogP contribution in [0.3, 0.4) is 0 Å². The molecule has 0 fully saturated rings. The Bertz CT molecular complexity index is 905. The molecule has 0 aliphatic heterocycles. The van der Waals surface area contributed by atoms with E-state index in [-0.39, 0.29) is 0 Å². The Kier molecular flexibility index (Phi) is 3.66. The van der Waals surface area contributed by atoms with Crippen molar-refractivity contribution in [2.75, 3.05) is 0 Å². The maximum atomic E-state index is 5.17. The highest BCUT2D eigenvalue weighted by molar-refractivity contribution is 7.71. The minimum atomic E-state index is 0.604. The van der Waals surface area contributed by atoms with Crippen LogP contribution in [0.15, 0.2) is 30.3 Å². The van der Waals surface area contributed by atoms with E-state index in [1.807, 2.05) is 24.6 Å². The Labute approximate surface area is 134 Å². The van der Waals surface area contributed by atoms with Crippen molar-refractivity contribution >= 4 is 12.2 Å². The predicted octanol–water partition coefficient (Wildman–Crippen LogP) is 4.13. The van der Waals surface area contributed by atoms with Gasteiger partial charge in [0.2, 0.25) is 0 Å². The zero-order valence-electron chi connectivity index (χ0n) is 13.1. The van der Waals surface area contributed by atoms with E-state index >= 15 is 0 Å². The first kappa shape index (κ1) is 14.7. The third-order valence-corrected chi connectivity index (χ3v) is 4.23. The van der Waals surface area contributed by atoms with Crippen LogP contribution in [0.5, 0.6) is 0 Å². The molecule has 0 saturated heterocycles. The number of aromatic amines is 1. The van der Waals surface area contributed by atoms with Gasteiger partial charge in [-0.1, -0.05) is 23.8 Å². The number of hydrogen-bond donors (Lipinski definition) is 1. The van der Waals surface area contributed by atoms with Gasteiger partial charge in [0.15, 0.2) is 10.6 Å². The average Bonchev–Trinajstić information content (AvgIpc) is 2.79. The van der Waals surface area contributed by atoms with Crippen molar-refractivity contribution in [1.29, 1.82) is 0 Å². The molecule has 0 aliphatic rings. The van der Waals surface area contributed by atoms with Gasteiger partial charge in [-0.25, -0.2) is 0 Å². The molecule has 5 heteroatoms. The molecule has 0 saturated carbocycles. The van der Waals surface area contributed by atoms with Gasteiger partial charge in [-0.05, 0) is 50.7 Å². The van der Waals surface area contributed by atoms with Crippen LogP contribution >= 0.6 is 12.2 Å². The van der Waals surface area contributed by atoms with Gasteiger partial charge in [-0.3, -0.25) is 10.1 Å². The van der Waals surface area contributed by atoms with Crippen molar-refractivity contribution in [2.45, 2.75) is 20.8 Å². The molecule has 2 heterocycles. The van der Waals surface area contributed by atoms with E-state index in [0.29, 0.717) is 4.77 Å². The van der Waals surface area contributed by atoms with Crippen molar-refractivity contribution in [1.82, 2.24) is 19.7 Å². The second-order valence-electron chi connectivity index (χ2n) is 5.56. The first-order valence-electron chi connectivity index (χ1n) is 7.14. The van der Waals surface area contributed by atoms with Crippen LogP contribution in [0.25, 0.3) is 22.6 Å². The fourth-order valence-electron chi connectivity index (χ4n) is 2.64. The molecule has 0 aliphatic carbocycles. The molecule has 0 radical (unpaired) electrons. The third-order valence-electron chi connectivity index (χ3n) is 3.86. The normalized spacial score (nSPS) is 10.9. The summed E-state index contributed by atoms with van der Waals surface area (Å²) in [5.74, 6) is 0.808. The van der Waals surface area contributed by atoms with Crippen LogP contribution in [-0.2, 0) is 7.05 Å². The van der Waals surface area contributed by atoms with Crippen molar-refractivity contribution in [2.24, 2.45) is 7.05 Å². The highest BCUT2D eigenvalue weighted by Gasteiger charge is 2.12. The van der Waals surface area contributed by atoms with Crippen LogP contribution in [0.1, 0.15) is 16.8 Å². The summed E-state index contributed by atoms with van der Waals surface area (Å²) in [4.78, 5) is 4.76. The van der Waals surface area contributed by atoms with Gasteiger partial charge in [0.1, 0.15) is 0 Å². The SMILES string of the molecule is Cc1ccc(-c2ccc(-c3n[nH]c(=S)n3C)c(C)n2)c(C)c1. The Hall–Kier alpha value is -2.27. The molecule has 1 N–H and O–H groups in total. The number of H-pyrrole nitrogens is 1. The summed E-state index contributed by atoms with van der Waals surface area (Å²) in [5, 5.41) is 7.10. The minimum Gasteiger partial charge on any atom is -0.303 e. The highest BCUT2D eigenvalue weighted by atomic mass is 32.1. The number of benzene rings is 1. The summed E-state index contributed by atoms with van der Waals surface area (Å²) >= 11 is 5.17. The van der Waals surface area contributed by atoms with Crippen LogP contribution < -0.4 is 0 Å². The van der Waals surface area contributed by atoms with Gasteiger partial charge in [0.05, 0.1) is 5.69 Å². The first-order chi connectivity index (χ1) is 10.5. The van der Waals surface area contributed by atoms with E-state index < -0.39 is 0 Å². The highest BCUT2D eigenvalue weighted by Crippen LogP contribution is 2.26. The topological polar surface area (TPSA) is 46.5 Å². The van der Waals surface area contributed by atoms with E-state index in [1.165, 1.54) is 11.1 Å². The largest absolute Gasteiger partial charge is 0.303 e. The molecule has 2 aromatic heterocycles. The Balaban J connectivity index is 2.10. The van der Waals surface area contributed by atoms with Crippen molar-refractivity contribution < 1.29 is 0 Å². The number of pyridine rings is 1. The molecule has 4 nitrogen and oxygen atoms in total. The summed E-state index contributed by atoms with van der Waals surface area (Å²) in [6.07, 6.45) is 0. The Morgan fingerprint density at radius 2 is 1.77 bits per heavy atom. The molecule has 0 amide bonds. The van der Waals surface area contributed by atoms with Gasteiger partial charge in [0.25, 0.3) is 0 Å². The molecule has 0 unspecified atom stereocenters. The maximum Gasteiger partial charge on any atom is 0.195 e. The van der Waals surface area contributed by atoms with Gasteiger partial charge in [-0.15, -0.1) is 0 Å². The smallest absolute Gasteiger partial charge is 0.195 e. The molecule has 3 rings (SSSR count). The van der Waals surface area contributed by atoms with E-state index in [9.17, 15) is 0 Å². The number of aryl methyl sites for hydroxylation is 3. The number of nitrogens with zero attached hydrogens (tertiary/aromatic N) is 3. The van der Waals surface area contributed by atoms with E-state index in [1.54, 1.807) is 0 Å². The summed E-state index contributed by atoms with van der Waals surface area (Å²) in [7, 11) is 1.90. The van der Waals surface area contributed by atoms with Gasteiger partial charge in [0, 0.05) is 23.9 Å². The molecular formula is C17H18N4S. The molecular weight excluding hydrogens is 292 g/mol. The molecule has 0 spiro atoms. The van der Waals surface area contributed by atoms with Crippen molar-refractivity contribution in [3.63, 3.8) is 0 Å². The summed E-state index contributed by atoms with van der Waals surface area (Å²) in [6.45, 7) is 6.22. The van der Waals surface area contributed by atoms with E-state index in [0.717, 1.165) is 28.3 Å². The molecule has 1 aromatic carbocycles. The summed E-state index contributed by atoms with van der Waals surface area (Å²) in [6, 6.07) is 10.5. The van der Waals surface area contributed by atoms with Crippen LogP contribution in [0.2, 0.25) is 0 Å². The average molecular weight is 310 g/mol. The van der Waals surface area contributed by atoms with Crippen LogP contribution in [0.4, 0.5) is 0 Å². The quantitative estimate of drug-likeness (QED) is 0.724.